The standard InChI is InChI=1S/C16H23NO2S/c1-17-14(16-11-20-9-8-19-16)10-15-13-5-3-2-4-12(13)6-7-18-15/h2-5,14-17H,6-11H2,1H3. The Hall–Kier alpha value is -0.550. The van der Waals surface area contributed by atoms with Gasteiger partial charge in [0.25, 0.3) is 0 Å². The zero-order valence-corrected chi connectivity index (χ0v) is 12.8. The Bertz CT molecular complexity index is 434. The smallest absolute Gasteiger partial charge is 0.0843 e. The van der Waals surface area contributed by atoms with Crippen molar-refractivity contribution in [1.29, 1.82) is 0 Å². The molecule has 3 rings (SSSR count). The van der Waals surface area contributed by atoms with Crippen LogP contribution >= 0.6 is 11.8 Å². The van der Waals surface area contributed by atoms with E-state index in [1.54, 1.807) is 0 Å². The van der Waals surface area contributed by atoms with Crippen LogP contribution in [0.25, 0.3) is 0 Å². The molecular weight excluding hydrogens is 270 g/mol. The molecule has 3 unspecified atom stereocenters. The van der Waals surface area contributed by atoms with E-state index in [-0.39, 0.29) is 6.10 Å². The van der Waals surface area contributed by atoms with Crippen LogP contribution in [0.3, 0.4) is 0 Å². The summed E-state index contributed by atoms with van der Waals surface area (Å²) >= 11 is 1.99. The molecule has 0 aromatic heterocycles. The average molecular weight is 293 g/mol. The van der Waals surface area contributed by atoms with Gasteiger partial charge in [-0.1, -0.05) is 24.3 Å². The number of benzene rings is 1. The van der Waals surface area contributed by atoms with Crippen LogP contribution in [-0.4, -0.2) is 43.9 Å². The van der Waals surface area contributed by atoms with Gasteiger partial charge in [-0.3, -0.25) is 0 Å². The van der Waals surface area contributed by atoms with E-state index in [1.807, 2.05) is 18.8 Å². The summed E-state index contributed by atoms with van der Waals surface area (Å²) in [5.41, 5.74) is 2.81. The van der Waals surface area contributed by atoms with Gasteiger partial charge in [-0.05, 0) is 31.0 Å². The van der Waals surface area contributed by atoms with Gasteiger partial charge < -0.3 is 14.8 Å². The molecule has 0 aliphatic carbocycles. The molecule has 0 spiro atoms. The Labute approximate surface area is 125 Å². The van der Waals surface area contributed by atoms with Crippen LogP contribution < -0.4 is 5.32 Å². The Morgan fingerprint density at radius 3 is 3.00 bits per heavy atom. The maximum atomic E-state index is 6.03. The molecule has 3 atom stereocenters. The van der Waals surface area contributed by atoms with E-state index in [2.05, 4.69) is 29.6 Å². The van der Waals surface area contributed by atoms with Gasteiger partial charge in [0.1, 0.15) is 0 Å². The fraction of sp³-hybridized carbons (Fsp3) is 0.625. The van der Waals surface area contributed by atoms with Gasteiger partial charge >= 0.3 is 0 Å². The molecule has 1 saturated heterocycles. The zero-order chi connectivity index (χ0) is 13.8. The van der Waals surface area contributed by atoms with Gasteiger partial charge in [0, 0.05) is 17.5 Å². The van der Waals surface area contributed by atoms with Crippen LogP contribution in [0.2, 0.25) is 0 Å². The number of hydrogen-bond acceptors (Lipinski definition) is 4. The minimum atomic E-state index is 0.202. The maximum Gasteiger partial charge on any atom is 0.0843 e. The van der Waals surface area contributed by atoms with Crippen LogP contribution in [0.5, 0.6) is 0 Å². The summed E-state index contributed by atoms with van der Waals surface area (Å²) in [6.45, 7) is 1.70. The minimum Gasteiger partial charge on any atom is -0.375 e. The fourth-order valence-electron chi connectivity index (χ4n) is 3.10. The molecule has 0 saturated carbocycles. The number of fused-ring (bicyclic) bond motifs is 1. The number of thioether (sulfide) groups is 1. The average Bonchev–Trinajstić information content (AvgIpc) is 2.53. The van der Waals surface area contributed by atoms with E-state index in [9.17, 15) is 0 Å². The lowest BCUT2D eigenvalue weighted by atomic mass is 9.92. The Morgan fingerprint density at radius 2 is 2.20 bits per heavy atom. The molecule has 0 bridgehead atoms. The van der Waals surface area contributed by atoms with E-state index in [0.717, 1.165) is 37.6 Å². The highest BCUT2D eigenvalue weighted by atomic mass is 32.2. The molecule has 0 radical (unpaired) electrons. The van der Waals surface area contributed by atoms with E-state index in [1.165, 1.54) is 11.1 Å². The molecule has 110 valence electrons. The molecule has 0 amide bonds. The van der Waals surface area contributed by atoms with Crippen molar-refractivity contribution >= 4 is 11.8 Å². The number of hydrogen-bond donors (Lipinski definition) is 1. The minimum absolute atomic E-state index is 0.202. The van der Waals surface area contributed by atoms with Crippen LogP contribution in [0.1, 0.15) is 23.7 Å². The second kappa shape index (κ2) is 6.94. The number of likely N-dealkylation sites (N-methyl/N-ethyl adjacent to an activating group) is 1. The quantitative estimate of drug-likeness (QED) is 0.923. The molecule has 2 aliphatic rings. The summed E-state index contributed by atoms with van der Waals surface area (Å²) in [5, 5.41) is 3.43. The third-order valence-electron chi connectivity index (χ3n) is 4.22. The van der Waals surface area contributed by atoms with Gasteiger partial charge in [-0.2, -0.15) is 11.8 Å². The summed E-state index contributed by atoms with van der Waals surface area (Å²) in [6.07, 6.45) is 2.52. The molecule has 20 heavy (non-hydrogen) atoms. The van der Waals surface area contributed by atoms with Crippen molar-refractivity contribution in [1.82, 2.24) is 5.32 Å². The predicted octanol–water partition coefficient (Wildman–Crippen LogP) is 2.41. The molecule has 1 N–H and O–H groups in total. The summed E-state index contributed by atoms with van der Waals surface area (Å²) < 4.78 is 11.9. The normalized spacial score (nSPS) is 27.9. The largest absolute Gasteiger partial charge is 0.375 e. The summed E-state index contributed by atoms with van der Waals surface area (Å²) in [4.78, 5) is 0. The van der Waals surface area contributed by atoms with Gasteiger partial charge in [0.15, 0.2) is 0 Å². The number of nitrogens with one attached hydrogen (secondary N) is 1. The van der Waals surface area contributed by atoms with Crippen molar-refractivity contribution in [2.24, 2.45) is 0 Å². The molecular formula is C16H23NO2S. The highest BCUT2D eigenvalue weighted by Gasteiger charge is 2.29. The van der Waals surface area contributed by atoms with Crippen molar-refractivity contribution in [2.45, 2.75) is 31.1 Å². The predicted molar refractivity (Wildman–Crippen MR) is 83.4 cm³/mol. The number of rotatable bonds is 4. The maximum absolute atomic E-state index is 6.03. The first-order valence-electron chi connectivity index (χ1n) is 7.44. The Kier molecular flexibility index (Phi) is 4.99. The summed E-state index contributed by atoms with van der Waals surface area (Å²) in [7, 11) is 2.03. The highest BCUT2D eigenvalue weighted by molar-refractivity contribution is 7.99. The third-order valence-corrected chi connectivity index (χ3v) is 5.24. The molecule has 1 aromatic rings. The molecule has 1 aromatic carbocycles. The first kappa shape index (κ1) is 14.4. The van der Waals surface area contributed by atoms with Crippen LogP contribution in [-0.2, 0) is 15.9 Å². The van der Waals surface area contributed by atoms with Crippen molar-refractivity contribution in [3.63, 3.8) is 0 Å². The monoisotopic (exact) mass is 293 g/mol. The first-order valence-corrected chi connectivity index (χ1v) is 8.60. The Morgan fingerprint density at radius 1 is 1.30 bits per heavy atom. The SMILES string of the molecule is CNC(CC1OCCc2ccccc21)C1CSCCO1. The summed E-state index contributed by atoms with van der Waals surface area (Å²) in [5.74, 6) is 2.20. The zero-order valence-electron chi connectivity index (χ0n) is 12.0. The van der Waals surface area contributed by atoms with Gasteiger partial charge in [-0.15, -0.1) is 0 Å². The van der Waals surface area contributed by atoms with Crippen molar-refractivity contribution in [3.8, 4) is 0 Å². The van der Waals surface area contributed by atoms with E-state index in [4.69, 9.17) is 9.47 Å². The van der Waals surface area contributed by atoms with Gasteiger partial charge in [0.2, 0.25) is 0 Å². The van der Waals surface area contributed by atoms with Crippen molar-refractivity contribution in [2.75, 3.05) is 31.8 Å². The lowest BCUT2D eigenvalue weighted by Gasteiger charge is -2.34. The van der Waals surface area contributed by atoms with Gasteiger partial charge in [0.05, 0.1) is 25.4 Å². The van der Waals surface area contributed by atoms with Crippen molar-refractivity contribution < 1.29 is 9.47 Å². The van der Waals surface area contributed by atoms with Crippen LogP contribution in [0.4, 0.5) is 0 Å². The fourth-order valence-corrected chi connectivity index (χ4v) is 4.04. The van der Waals surface area contributed by atoms with Gasteiger partial charge in [-0.25, -0.2) is 0 Å². The molecule has 4 heteroatoms. The second-order valence-electron chi connectivity index (χ2n) is 5.42. The molecule has 1 fully saturated rings. The van der Waals surface area contributed by atoms with E-state index < -0.39 is 0 Å². The Balaban J connectivity index is 1.70. The van der Waals surface area contributed by atoms with E-state index in [0.29, 0.717) is 12.1 Å². The topological polar surface area (TPSA) is 30.5 Å². The lowest BCUT2D eigenvalue weighted by Crippen LogP contribution is -2.44. The van der Waals surface area contributed by atoms with E-state index >= 15 is 0 Å². The lowest BCUT2D eigenvalue weighted by molar-refractivity contribution is -0.00216. The highest BCUT2D eigenvalue weighted by Crippen LogP contribution is 2.32. The molecule has 2 heterocycles. The number of ether oxygens (including phenoxy) is 2. The third kappa shape index (κ3) is 3.19. The van der Waals surface area contributed by atoms with Crippen molar-refractivity contribution in [3.05, 3.63) is 35.4 Å². The molecule has 3 nitrogen and oxygen atoms in total. The summed E-state index contributed by atoms with van der Waals surface area (Å²) in [6, 6.07) is 9.03. The van der Waals surface area contributed by atoms with Crippen LogP contribution in [0.15, 0.2) is 24.3 Å². The second-order valence-corrected chi connectivity index (χ2v) is 6.57. The van der Waals surface area contributed by atoms with Crippen LogP contribution in [0, 0.1) is 0 Å². The molecule has 2 aliphatic heterocycles. The first-order chi connectivity index (χ1) is 9.88.